The Morgan fingerprint density at radius 3 is 2.14 bits per heavy atom. The normalized spacial score (nSPS) is 17.0. The van der Waals surface area contributed by atoms with Crippen molar-refractivity contribution >= 4 is 11.6 Å². The van der Waals surface area contributed by atoms with Crippen LogP contribution in [0.2, 0.25) is 5.02 Å². The smallest absolute Gasteiger partial charge is 0.0537 e. The van der Waals surface area contributed by atoms with Gasteiger partial charge in [-0.15, -0.1) is 0 Å². The van der Waals surface area contributed by atoms with Gasteiger partial charge in [-0.3, -0.25) is 14.5 Å². The van der Waals surface area contributed by atoms with Gasteiger partial charge in [-0.2, -0.15) is 5.10 Å². The Labute approximate surface area is 137 Å². The van der Waals surface area contributed by atoms with Crippen LogP contribution in [0.5, 0.6) is 0 Å². The third-order valence-corrected chi connectivity index (χ3v) is 4.77. The number of hydrogen-bond donors (Lipinski definition) is 0. The van der Waals surface area contributed by atoms with Gasteiger partial charge < -0.3 is 0 Å². The molecule has 0 unspecified atom stereocenters. The summed E-state index contributed by atoms with van der Waals surface area (Å²) in [5.41, 5.74) is 3.94. The molecule has 0 N–H and O–H groups in total. The lowest BCUT2D eigenvalue weighted by atomic mass is 10.2. The summed E-state index contributed by atoms with van der Waals surface area (Å²) < 4.78 is 1.95. The number of halogens is 1. The zero-order valence-corrected chi connectivity index (χ0v) is 14.1. The molecule has 118 valence electrons. The third-order valence-electron chi connectivity index (χ3n) is 4.52. The van der Waals surface area contributed by atoms with Crippen molar-refractivity contribution in [1.82, 2.24) is 19.6 Å². The molecule has 3 rings (SSSR count). The Bertz CT molecular complexity index is 612. The Hall–Kier alpha value is -1.36. The Balaban J connectivity index is 1.50. The molecule has 1 aliphatic heterocycles. The van der Waals surface area contributed by atoms with Gasteiger partial charge in [0.15, 0.2) is 0 Å². The monoisotopic (exact) mass is 318 g/mol. The third kappa shape index (κ3) is 3.69. The van der Waals surface area contributed by atoms with E-state index in [0.29, 0.717) is 0 Å². The van der Waals surface area contributed by atoms with Gasteiger partial charge in [-0.25, -0.2) is 0 Å². The van der Waals surface area contributed by atoms with Crippen LogP contribution in [0.25, 0.3) is 0 Å². The van der Waals surface area contributed by atoms with Gasteiger partial charge in [-0.1, -0.05) is 23.7 Å². The van der Waals surface area contributed by atoms with Crippen LogP contribution in [-0.2, 0) is 20.1 Å². The average molecular weight is 319 g/mol. The first-order valence-electron chi connectivity index (χ1n) is 7.78. The van der Waals surface area contributed by atoms with E-state index in [9.17, 15) is 0 Å². The van der Waals surface area contributed by atoms with Gasteiger partial charge in [0.2, 0.25) is 0 Å². The number of piperazine rings is 1. The largest absolute Gasteiger partial charge is 0.297 e. The van der Waals surface area contributed by atoms with Crippen LogP contribution in [0, 0.1) is 6.92 Å². The second kappa shape index (κ2) is 6.82. The molecule has 0 aliphatic carbocycles. The van der Waals surface area contributed by atoms with Crippen molar-refractivity contribution in [2.45, 2.75) is 20.0 Å². The Morgan fingerprint density at radius 2 is 1.59 bits per heavy atom. The second-order valence-electron chi connectivity index (χ2n) is 6.06. The average Bonchev–Trinajstić information content (AvgIpc) is 2.84. The molecule has 2 heterocycles. The number of aromatic nitrogens is 2. The topological polar surface area (TPSA) is 24.3 Å². The van der Waals surface area contributed by atoms with E-state index < -0.39 is 0 Å². The summed E-state index contributed by atoms with van der Waals surface area (Å²) in [4.78, 5) is 5.03. The molecule has 1 aromatic carbocycles. The zero-order chi connectivity index (χ0) is 15.5. The summed E-state index contributed by atoms with van der Waals surface area (Å²) in [7, 11) is 2.00. The van der Waals surface area contributed by atoms with E-state index in [-0.39, 0.29) is 0 Å². The predicted octanol–water partition coefficient (Wildman–Crippen LogP) is 2.70. The SMILES string of the molecule is Cc1c(CN2CCN(Cc3ccc(Cl)cc3)CC2)cnn1C. The van der Waals surface area contributed by atoms with Crippen LogP contribution in [0.1, 0.15) is 16.8 Å². The van der Waals surface area contributed by atoms with Crippen LogP contribution >= 0.6 is 11.6 Å². The molecule has 0 amide bonds. The van der Waals surface area contributed by atoms with E-state index in [1.807, 2.05) is 30.1 Å². The van der Waals surface area contributed by atoms with Crippen LogP contribution in [-0.4, -0.2) is 45.8 Å². The minimum absolute atomic E-state index is 0.806. The van der Waals surface area contributed by atoms with Crippen LogP contribution in [0.15, 0.2) is 30.5 Å². The fraction of sp³-hybridized carbons (Fsp3) is 0.471. The van der Waals surface area contributed by atoms with Crippen LogP contribution in [0.3, 0.4) is 0 Å². The highest BCUT2D eigenvalue weighted by atomic mass is 35.5. The molecule has 1 aliphatic rings. The first-order valence-corrected chi connectivity index (χ1v) is 8.16. The van der Waals surface area contributed by atoms with Gasteiger partial charge >= 0.3 is 0 Å². The van der Waals surface area contributed by atoms with Crippen molar-refractivity contribution in [3.05, 3.63) is 52.3 Å². The number of hydrogen-bond acceptors (Lipinski definition) is 3. The summed E-state index contributed by atoms with van der Waals surface area (Å²) in [6.45, 7) is 8.61. The lowest BCUT2D eigenvalue weighted by Crippen LogP contribution is -2.45. The van der Waals surface area contributed by atoms with Gasteiger partial charge in [0, 0.05) is 62.6 Å². The Morgan fingerprint density at radius 1 is 1.00 bits per heavy atom. The molecule has 1 saturated heterocycles. The summed E-state index contributed by atoms with van der Waals surface area (Å²) in [5.74, 6) is 0. The molecule has 4 nitrogen and oxygen atoms in total. The quantitative estimate of drug-likeness (QED) is 0.866. The standard InChI is InChI=1S/C17H23ClN4/c1-14-16(11-19-20(14)2)13-22-9-7-21(8-10-22)12-15-3-5-17(18)6-4-15/h3-6,11H,7-10,12-13H2,1-2H3. The molecule has 0 atom stereocenters. The van der Waals surface area contributed by atoms with Crippen molar-refractivity contribution in [2.75, 3.05) is 26.2 Å². The van der Waals surface area contributed by atoms with Crippen molar-refractivity contribution in [1.29, 1.82) is 0 Å². The second-order valence-corrected chi connectivity index (χ2v) is 6.49. The number of benzene rings is 1. The minimum atomic E-state index is 0.806. The molecule has 2 aromatic rings. The van der Waals surface area contributed by atoms with Gasteiger partial charge in [0.25, 0.3) is 0 Å². The van der Waals surface area contributed by atoms with Gasteiger partial charge in [-0.05, 0) is 24.6 Å². The van der Waals surface area contributed by atoms with Crippen molar-refractivity contribution in [3.63, 3.8) is 0 Å². The molecular formula is C17H23ClN4. The van der Waals surface area contributed by atoms with Gasteiger partial charge in [0.1, 0.15) is 0 Å². The molecule has 0 bridgehead atoms. The van der Waals surface area contributed by atoms with Crippen LogP contribution < -0.4 is 0 Å². The van der Waals surface area contributed by atoms with Crippen molar-refractivity contribution in [2.24, 2.45) is 7.05 Å². The molecule has 0 spiro atoms. The zero-order valence-electron chi connectivity index (χ0n) is 13.3. The molecule has 0 radical (unpaired) electrons. The molecule has 0 saturated carbocycles. The fourth-order valence-corrected chi connectivity index (χ4v) is 3.02. The highest BCUT2D eigenvalue weighted by Crippen LogP contribution is 2.15. The lowest BCUT2D eigenvalue weighted by Gasteiger charge is -2.34. The minimum Gasteiger partial charge on any atom is -0.297 e. The molecule has 1 aromatic heterocycles. The van der Waals surface area contributed by atoms with E-state index >= 15 is 0 Å². The fourth-order valence-electron chi connectivity index (χ4n) is 2.89. The molecule has 22 heavy (non-hydrogen) atoms. The van der Waals surface area contributed by atoms with E-state index in [1.165, 1.54) is 16.8 Å². The molecule has 5 heteroatoms. The van der Waals surface area contributed by atoms with E-state index in [0.717, 1.165) is 44.3 Å². The molecule has 1 fully saturated rings. The highest BCUT2D eigenvalue weighted by molar-refractivity contribution is 6.30. The number of nitrogens with zero attached hydrogens (tertiary/aromatic N) is 4. The van der Waals surface area contributed by atoms with E-state index in [2.05, 4.69) is 34.0 Å². The summed E-state index contributed by atoms with van der Waals surface area (Å²) in [5, 5.41) is 5.13. The summed E-state index contributed by atoms with van der Waals surface area (Å²) in [6.07, 6.45) is 2.00. The molecular weight excluding hydrogens is 296 g/mol. The van der Waals surface area contributed by atoms with E-state index in [1.54, 1.807) is 0 Å². The van der Waals surface area contributed by atoms with Crippen molar-refractivity contribution < 1.29 is 0 Å². The maximum atomic E-state index is 5.94. The van der Waals surface area contributed by atoms with Crippen LogP contribution in [0.4, 0.5) is 0 Å². The predicted molar refractivity (Wildman–Crippen MR) is 90.0 cm³/mol. The maximum Gasteiger partial charge on any atom is 0.0537 e. The number of rotatable bonds is 4. The first-order chi connectivity index (χ1) is 10.6. The highest BCUT2D eigenvalue weighted by Gasteiger charge is 2.18. The summed E-state index contributed by atoms with van der Waals surface area (Å²) in [6, 6.07) is 8.18. The Kier molecular flexibility index (Phi) is 4.81. The summed E-state index contributed by atoms with van der Waals surface area (Å²) >= 11 is 5.94. The first kappa shape index (κ1) is 15.5. The maximum absolute atomic E-state index is 5.94. The van der Waals surface area contributed by atoms with E-state index in [4.69, 9.17) is 11.6 Å². The lowest BCUT2D eigenvalue weighted by molar-refractivity contribution is 0.122. The van der Waals surface area contributed by atoms with Gasteiger partial charge in [0.05, 0.1) is 6.20 Å². The number of aryl methyl sites for hydroxylation is 1. The van der Waals surface area contributed by atoms with Crippen molar-refractivity contribution in [3.8, 4) is 0 Å².